The van der Waals surface area contributed by atoms with Crippen LogP contribution in [0.5, 0.6) is 0 Å². The van der Waals surface area contributed by atoms with Crippen molar-refractivity contribution in [3.8, 4) is 0 Å². The highest BCUT2D eigenvalue weighted by atomic mass is 19.1. The van der Waals surface area contributed by atoms with Gasteiger partial charge < -0.3 is 10.1 Å². The third-order valence-electron chi connectivity index (χ3n) is 1.93. The highest BCUT2D eigenvalue weighted by molar-refractivity contribution is 5.20. The zero-order valence-corrected chi connectivity index (χ0v) is 7.88. The maximum Gasteiger partial charge on any atom is 0.129 e. The molecule has 0 saturated heterocycles. The Bertz CT molecular complexity index is 265. The fraction of sp³-hybridized carbons (Fsp3) is 0.400. The molecule has 2 nitrogen and oxygen atoms in total. The van der Waals surface area contributed by atoms with Gasteiger partial charge in [-0.05, 0) is 13.1 Å². The third kappa shape index (κ3) is 2.50. The number of hydrogen-bond donors (Lipinski definition) is 1. The molecule has 72 valence electrons. The number of nitrogens with one attached hydrogen (secondary N) is 1. The smallest absolute Gasteiger partial charge is 0.129 e. The Morgan fingerprint density at radius 1 is 1.46 bits per heavy atom. The predicted molar refractivity (Wildman–Crippen MR) is 50.1 cm³/mol. The minimum absolute atomic E-state index is 0.216. The first-order valence-corrected chi connectivity index (χ1v) is 4.21. The van der Waals surface area contributed by atoms with Gasteiger partial charge in [-0.25, -0.2) is 4.39 Å². The lowest BCUT2D eigenvalue weighted by Gasteiger charge is -2.15. The number of ether oxygens (including phenoxy) is 1. The van der Waals surface area contributed by atoms with Crippen LogP contribution < -0.4 is 5.32 Å². The molecule has 1 N–H and O–H groups in total. The van der Waals surface area contributed by atoms with Gasteiger partial charge in [0.25, 0.3) is 0 Å². The van der Waals surface area contributed by atoms with Crippen LogP contribution >= 0.6 is 0 Å². The van der Waals surface area contributed by atoms with Gasteiger partial charge in [0.15, 0.2) is 0 Å². The Hall–Kier alpha value is -0.930. The Morgan fingerprint density at radius 3 is 2.69 bits per heavy atom. The summed E-state index contributed by atoms with van der Waals surface area (Å²) in [6.45, 7) is 0.609. The summed E-state index contributed by atoms with van der Waals surface area (Å²) < 4.78 is 18.4. The number of hydrogen-bond acceptors (Lipinski definition) is 2. The lowest BCUT2D eigenvalue weighted by Crippen LogP contribution is -2.19. The number of rotatable bonds is 4. The molecule has 1 aromatic rings. The average Bonchev–Trinajstić information content (AvgIpc) is 2.16. The van der Waals surface area contributed by atoms with Crippen molar-refractivity contribution in [2.75, 3.05) is 20.7 Å². The van der Waals surface area contributed by atoms with E-state index < -0.39 is 0 Å². The van der Waals surface area contributed by atoms with Gasteiger partial charge in [0.05, 0.1) is 6.10 Å². The van der Waals surface area contributed by atoms with E-state index in [2.05, 4.69) is 5.32 Å². The van der Waals surface area contributed by atoms with Gasteiger partial charge in [0.1, 0.15) is 5.82 Å². The van der Waals surface area contributed by atoms with Crippen LogP contribution in [-0.4, -0.2) is 20.7 Å². The molecule has 0 fully saturated rings. The average molecular weight is 183 g/mol. The van der Waals surface area contributed by atoms with Gasteiger partial charge in [-0.1, -0.05) is 18.2 Å². The summed E-state index contributed by atoms with van der Waals surface area (Å²) in [6, 6.07) is 6.66. The van der Waals surface area contributed by atoms with Gasteiger partial charge >= 0.3 is 0 Å². The molecule has 0 aliphatic carbocycles. The van der Waals surface area contributed by atoms with E-state index >= 15 is 0 Å². The Kier molecular flexibility index (Phi) is 3.86. The molecule has 0 aliphatic rings. The van der Waals surface area contributed by atoms with E-state index in [0.29, 0.717) is 12.1 Å². The zero-order chi connectivity index (χ0) is 9.68. The SMILES string of the molecule is CNC[C@@H](OC)c1ccccc1F. The van der Waals surface area contributed by atoms with Crippen molar-refractivity contribution in [2.24, 2.45) is 0 Å². The van der Waals surface area contributed by atoms with Crippen LogP contribution in [0.2, 0.25) is 0 Å². The summed E-state index contributed by atoms with van der Waals surface area (Å²) in [5.74, 6) is -0.218. The lowest BCUT2D eigenvalue weighted by molar-refractivity contribution is 0.101. The molecule has 0 spiro atoms. The maximum absolute atomic E-state index is 13.2. The van der Waals surface area contributed by atoms with Crippen molar-refractivity contribution in [3.05, 3.63) is 35.6 Å². The normalized spacial score (nSPS) is 12.8. The van der Waals surface area contributed by atoms with Crippen LogP contribution in [-0.2, 0) is 4.74 Å². The molecular weight excluding hydrogens is 169 g/mol. The second-order valence-electron chi connectivity index (χ2n) is 2.80. The molecule has 0 aromatic heterocycles. The van der Waals surface area contributed by atoms with Gasteiger partial charge in [-0.15, -0.1) is 0 Å². The molecule has 0 bridgehead atoms. The molecule has 0 amide bonds. The monoisotopic (exact) mass is 183 g/mol. The van der Waals surface area contributed by atoms with Crippen LogP contribution in [0.4, 0.5) is 4.39 Å². The number of methoxy groups -OCH3 is 1. The highest BCUT2D eigenvalue weighted by Gasteiger charge is 2.12. The Balaban J connectivity index is 2.84. The molecule has 0 saturated carbocycles. The van der Waals surface area contributed by atoms with E-state index in [-0.39, 0.29) is 11.9 Å². The molecule has 0 radical (unpaired) electrons. The largest absolute Gasteiger partial charge is 0.375 e. The first-order chi connectivity index (χ1) is 6.29. The molecular formula is C10H14FNO. The van der Waals surface area contributed by atoms with Crippen molar-refractivity contribution in [1.29, 1.82) is 0 Å². The van der Waals surface area contributed by atoms with Crippen LogP contribution in [0.3, 0.4) is 0 Å². The maximum atomic E-state index is 13.2. The third-order valence-corrected chi connectivity index (χ3v) is 1.93. The van der Waals surface area contributed by atoms with Crippen molar-refractivity contribution in [2.45, 2.75) is 6.10 Å². The second kappa shape index (κ2) is 4.94. The quantitative estimate of drug-likeness (QED) is 0.767. The number of halogens is 1. The van der Waals surface area contributed by atoms with E-state index in [1.54, 1.807) is 25.3 Å². The first-order valence-electron chi connectivity index (χ1n) is 4.21. The number of likely N-dealkylation sites (N-methyl/N-ethyl adjacent to an activating group) is 1. The van der Waals surface area contributed by atoms with Gasteiger partial charge in [0.2, 0.25) is 0 Å². The summed E-state index contributed by atoms with van der Waals surface area (Å²) in [5.41, 5.74) is 0.597. The summed E-state index contributed by atoms with van der Waals surface area (Å²) in [6.07, 6.45) is -0.216. The van der Waals surface area contributed by atoms with E-state index in [4.69, 9.17) is 4.74 Å². The zero-order valence-electron chi connectivity index (χ0n) is 7.88. The fourth-order valence-corrected chi connectivity index (χ4v) is 1.24. The van der Waals surface area contributed by atoms with Crippen LogP contribution in [0.1, 0.15) is 11.7 Å². The van der Waals surface area contributed by atoms with Crippen LogP contribution in [0, 0.1) is 5.82 Å². The van der Waals surface area contributed by atoms with Crippen molar-refractivity contribution >= 4 is 0 Å². The van der Waals surface area contributed by atoms with Crippen molar-refractivity contribution in [1.82, 2.24) is 5.32 Å². The summed E-state index contributed by atoms with van der Waals surface area (Å²) >= 11 is 0. The van der Waals surface area contributed by atoms with Crippen LogP contribution in [0.15, 0.2) is 24.3 Å². The predicted octanol–water partition coefficient (Wildman–Crippen LogP) is 1.73. The van der Waals surface area contributed by atoms with Crippen molar-refractivity contribution in [3.63, 3.8) is 0 Å². The fourth-order valence-electron chi connectivity index (χ4n) is 1.24. The van der Waals surface area contributed by atoms with E-state index in [9.17, 15) is 4.39 Å². The lowest BCUT2D eigenvalue weighted by atomic mass is 10.1. The van der Waals surface area contributed by atoms with E-state index in [0.717, 1.165) is 0 Å². The Labute approximate surface area is 77.7 Å². The van der Waals surface area contributed by atoms with E-state index in [1.165, 1.54) is 6.07 Å². The summed E-state index contributed by atoms with van der Waals surface area (Å²) in [4.78, 5) is 0. The van der Waals surface area contributed by atoms with Gasteiger partial charge in [-0.2, -0.15) is 0 Å². The topological polar surface area (TPSA) is 21.3 Å². The molecule has 3 heteroatoms. The minimum atomic E-state index is -0.218. The molecule has 1 aromatic carbocycles. The molecule has 0 aliphatic heterocycles. The standard InChI is InChI=1S/C10H14FNO/c1-12-7-10(13-2)8-5-3-4-6-9(8)11/h3-6,10,12H,7H2,1-2H3/t10-/m1/s1. The molecule has 1 atom stereocenters. The second-order valence-corrected chi connectivity index (χ2v) is 2.80. The summed E-state index contributed by atoms with van der Waals surface area (Å²) in [5, 5.41) is 2.95. The molecule has 0 unspecified atom stereocenters. The minimum Gasteiger partial charge on any atom is -0.375 e. The molecule has 0 heterocycles. The van der Waals surface area contributed by atoms with Gasteiger partial charge in [0, 0.05) is 19.2 Å². The number of benzene rings is 1. The molecule has 1 rings (SSSR count). The molecule has 13 heavy (non-hydrogen) atoms. The Morgan fingerprint density at radius 2 is 2.15 bits per heavy atom. The summed E-state index contributed by atoms with van der Waals surface area (Å²) in [7, 11) is 3.39. The first kappa shape index (κ1) is 10.2. The van der Waals surface area contributed by atoms with Crippen LogP contribution in [0.25, 0.3) is 0 Å². The van der Waals surface area contributed by atoms with Crippen molar-refractivity contribution < 1.29 is 9.13 Å². The van der Waals surface area contributed by atoms with Gasteiger partial charge in [-0.3, -0.25) is 0 Å². The van der Waals surface area contributed by atoms with E-state index in [1.807, 2.05) is 7.05 Å². The highest BCUT2D eigenvalue weighted by Crippen LogP contribution is 2.18.